The molecule has 1 aliphatic heterocycles. The van der Waals surface area contributed by atoms with Crippen LogP contribution in [0.2, 0.25) is 0 Å². The minimum absolute atomic E-state index is 0.0650. The molecule has 0 saturated carbocycles. The Balaban J connectivity index is 1.81. The van der Waals surface area contributed by atoms with E-state index in [1.807, 2.05) is 0 Å². The van der Waals surface area contributed by atoms with Crippen molar-refractivity contribution in [1.82, 2.24) is 0 Å². The van der Waals surface area contributed by atoms with Gasteiger partial charge in [-0.2, -0.15) is 0 Å². The standard InChI is InChI=1S/C21H24O8/c1-11(2)21(26)28-6-5-27-19-10-14-16(24)8-13(22)9-18(14)29-20(19)12-3-4-15(23)17(25)7-12/h3-4,7-9,11,19-20,22-25H,5-6,10H2,1-2H3/t19-,20-/m1/s1. The van der Waals surface area contributed by atoms with E-state index in [0.29, 0.717) is 16.9 Å². The maximum absolute atomic E-state index is 11.6. The molecule has 2 aromatic rings. The summed E-state index contributed by atoms with van der Waals surface area (Å²) in [6, 6.07) is 6.90. The van der Waals surface area contributed by atoms with E-state index < -0.39 is 12.2 Å². The third-order valence-electron chi connectivity index (χ3n) is 4.63. The Hall–Kier alpha value is -3.13. The fourth-order valence-electron chi connectivity index (χ4n) is 3.10. The molecule has 1 heterocycles. The number of hydrogen-bond donors (Lipinski definition) is 4. The number of aromatic hydroxyl groups is 4. The number of carbonyl (C=O) groups is 1. The first-order valence-electron chi connectivity index (χ1n) is 9.28. The molecule has 3 rings (SSSR count). The molecule has 0 fully saturated rings. The number of ether oxygens (including phenoxy) is 3. The van der Waals surface area contributed by atoms with Crippen LogP contribution in [0, 0.1) is 5.92 Å². The second-order valence-corrected chi connectivity index (χ2v) is 7.16. The van der Waals surface area contributed by atoms with Crippen LogP contribution in [0.5, 0.6) is 28.7 Å². The number of hydrogen-bond acceptors (Lipinski definition) is 8. The second kappa shape index (κ2) is 8.48. The van der Waals surface area contributed by atoms with Crippen molar-refractivity contribution >= 4 is 5.97 Å². The fourth-order valence-corrected chi connectivity index (χ4v) is 3.10. The predicted molar refractivity (Wildman–Crippen MR) is 102 cm³/mol. The van der Waals surface area contributed by atoms with Gasteiger partial charge < -0.3 is 34.6 Å². The number of esters is 1. The summed E-state index contributed by atoms with van der Waals surface area (Å²) >= 11 is 0. The molecule has 8 nitrogen and oxygen atoms in total. The van der Waals surface area contributed by atoms with Gasteiger partial charge in [-0.05, 0) is 17.7 Å². The van der Waals surface area contributed by atoms with Gasteiger partial charge in [0, 0.05) is 24.1 Å². The monoisotopic (exact) mass is 404 g/mol. The highest BCUT2D eigenvalue weighted by Crippen LogP contribution is 2.43. The van der Waals surface area contributed by atoms with Crippen LogP contribution in [0.4, 0.5) is 0 Å². The van der Waals surface area contributed by atoms with Gasteiger partial charge in [-0.3, -0.25) is 4.79 Å². The van der Waals surface area contributed by atoms with Crippen LogP contribution in [0.3, 0.4) is 0 Å². The molecule has 0 aliphatic carbocycles. The fraction of sp³-hybridized carbons (Fsp3) is 0.381. The van der Waals surface area contributed by atoms with Gasteiger partial charge in [0.15, 0.2) is 17.6 Å². The minimum atomic E-state index is -0.684. The van der Waals surface area contributed by atoms with Gasteiger partial charge in [-0.1, -0.05) is 19.9 Å². The lowest BCUT2D eigenvalue weighted by molar-refractivity contribution is -0.150. The predicted octanol–water partition coefficient (Wildman–Crippen LogP) is 2.77. The van der Waals surface area contributed by atoms with Gasteiger partial charge in [-0.15, -0.1) is 0 Å². The van der Waals surface area contributed by atoms with Crippen molar-refractivity contribution in [2.24, 2.45) is 5.92 Å². The van der Waals surface area contributed by atoms with E-state index in [4.69, 9.17) is 14.2 Å². The Bertz CT molecular complexity index is 892. The maximum Gasteiger partial charge on any atom is 0.308 e. The van der Waals surface area contributed by atoms with Crippen LogP contribution >= 0.6 is 0 Å². The van der Waals surface area contributed by atoms with Gasteiger partial charge in [0.25, 0.3) is 0 Å². The van der Waals surface area contributed by atoms with Gasteiger partial charge in [-0.25, -0.2) is 0 Å². The van der Waals surface area contributed by atoms with Crippen molar-refractivity contribution in [3.05, 3.63) is 41.5 Å². The van der Waals surface area contributed by atoms with Crippen molar-refractivity contribution in [3.8, 4) is 28.7 Å². The molecule has 156 valence electrons. The van der Waals surface area contributed by atoms with E-state index in [9.17, 15) is 25.2 Å². The lowest BCUT2D eigenvalue weighted by Gasteiger charge is -2.34. The third kappa shape index (κ3) is 4.65. The molecule has 1 aliphatic rings. The maximum atomic E-state index is 11.6. The highest BCUT2D eigenvalue weighted by atomic mass is 16.6. The van der Waals surface area contributed by atoms with Crippen molar-refractivity contribution in [1.29, 1.82) is 0 Å². The van der Waals surface area contributed by atoms with E-state index in [1.165, 1.54) is 24.3 Å². The molecule has 0 unspecified atom stereocenters. The first-order chi connectivity index (χ1) is 13.8. The Morgan fingerprint density at radius 1 is 1.07 bits per heavy atom. The molecule has 0 radical (unpaired) electrons. The minimum Gasteiger partial charge on any atom is -0.508 e. The highest BCUT2D eigenvalue weighted by Gasteiger charge is 2.34. The molecular formula is C21H24O8. The van der Waals surface area contributed by atoms with Crippen LogP contribution in [-0.2, 0) is 20.7 Å². The first-order valence-corrected chi connectivity index (χ1v) is 9.28. The summed E-state index contributed by atoms with van der Waals surface area (Å²) in [5.41, 5.74) is 1.02. The topological polar surface area (TPSA) is 126 Å². The largest absolute Gasteiger partial charge is 0.508 e. The van der Waals surface area contributed by atoms with Gasteiger partial charge >= 0.3 is 5.97 Å². The molecule has 0 saturated heterocycles. The molecule has 2 aromatic carbocycles. The molecule has 2 atom stereocenters. The summed E-state index contributed by atoms with van der Waals surface area (Å²) in [4.78, 5) is 11.6. The number of rotatable bonds is 6. The molecular weight excluding hydrogens is 380 g/mol. The first kappa shape index (κ1) is 20.6. The van der Waals surface area contributed by atoms with Crippen LogP contribution in [0.25, 0.3) is 0 Å². The summed E-state index contributed by atoms with van der Waals surface area (Å²) in [7, 11) is 0. The number of phenolic OH excluding ortho intramolecular Hbond substituents is 4. The number of carbonyl (C=O) groups excluding carboxylic acids is 1. The molecule has 0 amide bonds. The van der Waals surface area contributed by atoms with Gasteiger partial charge in [0.05, 0.1) is 12.5 Å². The van der Waals surface area contributed by atoms with Crippen LogP contribution < -0.4 is 4.74 Å². The quantitative estimate of drug-likeness (QED) is 0.329. The highest BCUT2D eigenvalue weighted by molar-refractivity contribution is 5.71. The lowest BCUT2D eigenvalue weighted by Crippen LogP contribution is -2.34. The molecule has 0 spiro atoms. The Morgan fingerprint density at radius 3 is 2.52 bits per heavy atom. The van der Waals surface area contributed by atoms with Crippen molar-refractivity contribution in [3.63, 3.8) is 0 Å². The van der Waals surface area contributed by atoms with Crippen LogP contribution in [-0.4, -0.2) is 45.7 Å². The molecule has 8 heteroatoms. The average molecular weight is 404 g/mol. The summed E-state index contributed by atoms with van der Waals surface area (Å²) in [5, 5.41) is 39.3. The Kier molecular flexibility index (Phi) is 6.03. The normalized spacial score (nSPS) is 18.2. The lowest BCUT2D eigenvalue weighted by atomic mass is 9.93. The van der Waals surface area contributed by atoms with E-state index in [-0.39, 0.29) is 54.5 Å². The average Bonchev–Trinajstić information content (AvgIpc) is 2.66. The summed E-state index contributed by atoms with van der Waals surface area (Å²) in [6.45, 7) is 3.65. The number of fused-ring (bicyclic) bond motifs is 1. The SMILES string of the molecule is CC(C)C(=O)OCCO[C@@H]1Cc2c(O)cc(O)cc2O[C@@H]1c1ccc(O)c(O)c1. The summed E-state index contributed by atoms with van der Waals surface area (Å²) < 4.78 is 16.9. The number of benzene rings is 2. The van der Waals surface area contributed by atoms with Crippen LogP contribution in [0.1, 0.15) is 31.1 Å². The summed E-state index contributed by atoms with van der Waals surface area (Å²) in [6.07, 6.45) is -0.984. The Morgan fingerprint density at radius 2 is 1.83 bits per heavy atom. The summed E-state index contributed by atoms with van der Waals surface area (Å²) in [5.74, 6) is -1.10. The van der Waals surface area contributed by atoms with E-state index in [0.717, 1.165) is 0 Å². The number of phenols is 4. The third-order valence-corrected chi connectivity index (χ3v) is 4.63. The molecule has 4 N–H and O–H groups in total. The van der Waals surface area contributed by atoms with Crippen LogP contribution in [0.15, 0.2) is 30.3 Å². The zero-order chi connectivity index (χ0) is 21.1. The zero-order valence-corrected chi connectivity index (χ0v) is 16.2. The smallest absolute Gasteiger partial charge is 0.308 e. The zero-order valence-electron chi connectivity index (χ0n) is 16.2. The molecule has 0 aromatic heterocycles. The van der Waals surface area contributed by atoms with E-state index >= 15 is 0 Å². The molecule has 29 heavy (non-hydrogen) atoms. The Labute approximate surface area is 167 Å². The second-order valence-electron chi connectivity index (χ2n) is 7.16. The van der Waals surface area contributed by atoms with Gasteiger partial charge in [0.2, 0.25) is 0 Å². The van der Waals surface area contributed by atoms with Crippen molar-refractivity contribution in [2.75, 3.05) is 13.2 Å². The van der Waals surface area contributed by atoms with Crippen molar-refractivity contribution < 1.29 is 39.4 Å². The van der Waals surface area contributed by atoms with E-state index in [1.54, 1.807) is 19.9 Å². The van der Waals surface area contributed by atoms with Crippen molar-refractivity contribution in [2.45, 2.75) is 32.5 Å². The van der Waals surface area contributed by atoms with E-state index in [2.05, 4.69) is 0 Å². The molecule has 0 bridgehead atoms. The van der Waals surface area contributed by atoms with Gasteiger partial charge in [0.1, 0.15) is 30.0 Å².